The largest absolute Gasteiger partial charge is 0.493 e. The van der Waals surface area contributed by atoms with Crippen LogP contribution >= 0.6 is 24.0 Å². The summed E-state index contributed by atoms with van der Waals surface area (Å²) in [5.41, 5.74) is 2.80. The second-order valence-electron chi connectivity index (χ2n) is 6.38. The van der Waals surface area contributed by atoms with Crippen LogP contribution in [0.25, 0.3) is 0 Å². The molecule has 7 nitrogen and oxygen atoms in total. The van der Waals surface area contributed by atoms with Gasteiger partial charge in [0, 0.05) is 31.5 Å². The summed E-state index contributed by atoms with van der Waals surface area (Å²) in [5.74, 6) is 2.76. The highest BCUT2D eigenvalue weighted by Gasteiger charge is 2.07. The van der Waals surface area contributed by atoms with Crippen LogP contribution in [0.1, 0.15) is 11.3 Å². The summed E-state index contributed by atoms with van der Waals surface area (Å²) in [4.78, 5) is 8.55. The van der Waals surface area contributed by atoms with Gasteiger partial charge in [-0.25, -0.2) is 0 Å². The first-order chi connectivity index (χ1) is 14.7. The zero-order valence-corrected chi connectivity index (χ0v) is 20.1. The van der Waals surface area contributed by atoms with E-state index in [9.17, 15) is 0 Å². The number of hydrogen-bond donors (Lipinski definition) is 2. The summed E-state index contributed by atoms with van der Waals surface area (Å²) < 4.78 is 16.5. The number of hydrogen-bond acceptors (Lipinski definition) is 5. The quantitative estimate of drug-likeness (QED) is 0.252. The summed E-state index contributed by atoms with van der Waals surface area (Å²) in [5, 5.41) is 6.55. The molecule has 0 radical (unpaired) electrons. The standard InChI is InChI=1S/C23H26N4O3.HI/c1-24-23(27-18-10-11-21(28-2)22(14-18)29-3)26-15-17-7-6-9-20(13-17)30-16-19-8-4-5-12-25-19;/h4-14H,15-16H2,1-3H3,(H2,24,26,27);1H. The average molecular weight is 534 g/mol. The number of pyridine rings is 1. The molecule has 0 amide bonds. The van der Waals surface area contributed by atoms with Crippen molar-refractivity contribution in [3.63, 3.8) is 0 Å². The molecule has 0 aliphatic carbocycles. The number of rotatable bonds is 8. The summed E-state index contributed by atoms with van der Waals surface area (Å²) in [6, 6.07) is 19.3. The van der Waals surface area contributed by atoms with Crippen LogP contribution in [-0.2, 0) is 13.2 Å². The van der Waals surface area contributed by atoms with Gasteiger partial charge in [0.05, 0.1) is 19.9 Å². The number of nitrogens with one attached hydrogen (secondary N) is 2. The van der Waals surface area contributed by atoms with Crippen molar-refractivity contribution >= 4 is 35.6 Å². The Labute approximate surface area is 199 Å². The van der Waals surface area contributed by atoms with E-state index in [1.165, 1.54) is 0 Å². The number of halogens is 1. The first kappa shape index (κ1) is 24.3. The molecule has 0 spiro atoms. The van der Waals surface area contributed by atoms with Gasteiger partial charge < -0.3 is 24.8 Å². The highest BCUT2D eigenvalue weighted by Crippen LogP contribution is 2.29. The Morgan fingerprint density at radius 3 is 2.52 bits per heavy atom. The number of aromatic nitrogens is 1. The summed E-state index contributed by atoms with van der Waals surface area (Å²) in [6.45, 7) is 1.02. The monoisotopic (exact) mass is 534 g/mol. The van der Waals surface area contributed by atoms with Crippen molar-refractivity contribution in [1.82, 2.24) is 10.3 Å². The van der Waals surface area contributed by atoms with E-state index in [1.54, 1.807) is 27.5 Å². The normalized spacial score (nSPS) is 10.6. The van der Waals surface area contributed by atoms with Gasteiger partial charge in [-0.05, 0) is 42.0 Å². The van der Waals surface area contributed by atoms with E-state index in [1.807, 2.05) is 60.7 Å². The molecule has 31 heavy (non-hydrogen) atoms. The van der Waals surface area contributed by atoms with Crippen molar-refractivity contribution in [3.8, 4) is 17.2 Å². The second kappa shape index (κ2) is 12.6. The van der Waals surface area contributed by atoms with Crippen molar-refractivity contribution < 1.29 is 14.2 Å². The Bertz CT molecular complexity index is 984. The van der Waals surface area contributed by atoms with Crippen LogP contribution in [0.2, 0.25) is 0 Å². The van der Waals surface area contributed by atoms with Crippen molar-refractivity contribution in [2.45, 2.75) is 13.2 Å². The highest BCUT2D eigenvalue weighted by atomic mass is 127. The predicted molar refractivity (Wildman–Crippen MR) is 134 cm³/mol. The lowest BCUT2D eigenvalue weighted by Crippen LogP contribution is -2.30. The molecule has 0 aliphatic rings. The van der Waals surface area contributed by atoms with Gasteiger partial charge in [-0.3, -0.25) is 9.98 Å². The van der Waals surface area contributed by atoms with Crippen LogP contribution in [0.5, 0.6) is 17.2 Å². The molecule has 2 N–H and O–H groups in total. The van der Waals surface area contributed by atoms with Gasteiger partial charge in [-0.15, -0.1) is 24.0 Å². The smallest absolute Gasteiger partial charge is 0.195 e. The van der Waals surface area contributed by atoms with E-state index in [0.717, 1.165) is 22.7 Å². The second-order valence-corrected chi connectivity index (χ2v) is 6.38. The van der Waals surface area contributed by atoms with Crippen molar-refractivity contribution in [2.24, 2.45) is 4.99 Å². The van der Waals surface area contributed by atoms with Crippen LogP contribution in [0.15, 0.2) is 71.9 Å². The fraction of sp³-hybridized carbons (Fsp3) is 0.217. The van der Waals surface area contributed by atoms with E-state index in [2.05, 4.69) is 20.6 Å². The maximum atomic E-state index is 5.85. The predicted octanol–water partition coefficient (Wildman–Crippen LogP) is 4.48. The van der Waals surface area contributed by atoms with Gasteiger partial charge in [-0.2, -0.15) is 0 Å². The Kier molecular flexibility index (Phi) is 9.89. The minimum absolute atomic E-state index is 0. The van der Waals surface area contributed by atoms with Crippen LogP contribution in [0.3, 0.4) is 0 Å². The maximum absolute atomic E-state index is 5.85. The lowest BCUT2D eigenvalue weighted by atomic mass is 10.2. The molecule has 0 saturated heterocycles. The van der Waals surface area contributed by atoms with Crippen molar-refractivity contribution in [3.05, 3.63) is 78.1 Å². The van der Waals surface area contributed by atoms with Gasteiger partial charge in [0.25, 0.3) is 0 Å². The molecule has 0 bridgehead atoms. The lowest BCUT2D eigenvalue weighted by molar-refractivity contribution is 0.301. The third-order valence-corrected chi connectivity index (χ3v) is 4.34. The minimum atomic E-state index is 0. The SMILES string of the molecule is CN=C(NCc1cccc(OCc2ccccn2)c1)Nc1ccc(OC)c(OC)c1.I. The van der Waals surface area contributed by atoms with Crippen molar-refractivity contribution in [2.75, 3.05) is 26.6 Å². The zero-order valence-electron chi connectivity index (χ0n) is 17.8. The van der Waals surface area contributed by atoms with Crippen LogP contribution < -0.4 is 24.8 Å². The van der Waals surface area contributed by atoms with E-state index >= 15 is 0 Å². The van der Waals surface area contributed by atoms with Gasteiger partial charge in [-0.1, -0.05) is 18.2 Å². The molecule has 3 aromatic rings. The summed E-state index contributed by atoms with van der Waals surface area (Å²) in [6.07, 6.45) is 1.76. The number of methoxy groups -OCH3 is 2. The Hall–Kier alpha value is -3.01. The Morgan fingerprint density at radius 2 is 1.81 bits per heavy atom. The molecule has 8 heteroatoms. The van der Waals surface area contributed by atoms with Crippen LogP contribution in [-0.4, -0.2) is 32.2 Å². The molecular weight excluding hydrogens is 507 g/mol. The number of nitrogens with zero attached hydrogens (tertiary/aromatic N) is 2. The molecule has 0 saturated carbocycles. The molecule has 0 aliphatic heterocycles. The summed E-state index contributed by atoms with van der Waals surface area (Å²) in [7, 11) is 4.94. The fourth-order valence-corrected chi connectivity index (χ4v) is 2.80. The van der Waals surface area contributed by atoms with Gasteiger partial charge in [0.15, 0.2) is 17.5 Å². The Balaban J connectivity index is 0.00000341. The molecule has 0 unspecified atom stereocenters. The van der Waals surface area contributed by atoms with Crippen molar-refractivity contribution in [1.29, 1.82) is 0 Å². The molecular formula is C23H27IN4O3. The van der Waals surface area contributed by atoms with E-state index in [-0.39, 0.29) is 24.0 Å². The van der Waals surface area contributed by atoms with E-state index in [0.29, 0.717) is 30.6 Å². The number of aliphatic imine (C=N–C) groups is 1. The number of ether oxygens (including phenoxy) is 3. The van der Waals surface area contributed by atoms with Crippen LogP contribution in [0.4, 0.5) is 5.69 Å². The molecule has 1 aromatic heterocycles. The van der Waals surface area contributed by atoms with Gasteiger partial charge >= 0.3 is 0 Å². The highest BCUT2D eigenvalue weighted by molar-refractivity contribution is 14.0. The molecule has 164 valence electrons. The van der Waals surface area contributed by atoms with Gasteiger partial charge in [0.1, 0.15) is 12.4 Å². The maximum Gasteiger partial charge on any atom is 0.195 e. The topological polar surface area (TPSA) is 77.0 Å². The molecule has 0 fully saturated rings. The average Bonchev–Trinajstić information content (AvgIpc) is 2.81. The first-order valence-electron chi connectivity index (χ1n) is 9.53. The fourth-order valence-electron chi connectivity index (χ4n) is 2.80. The molecule has 0 atom stereocenters. The first-order valence-corrected chi connectivity index (χ1v) is 9.53. The summed E-state index contributed by atoms with van der Waals surface area (Å²) >= 11 is 0. The van der Waals surface area contributed by atoms with E-state index in [4.69, 9.17) is 14.2 Å². The molecule has 2 aromatic carbocycles. The minimum Gasteiger partial charge on any atom is -0.493 e. The number of benzene rings is 2. The molecule has 1 heterocycles. The lowest BCUT2D eigenvalue weighted by Gasteiger charge is -2.14. The molecule has 3 rings (SSSR count). The van der Waals surface area contributed by atoms with E-state index < -0.39 is 0 Å². The number of anilines is 1. The zero-order chi connectivity index (χ0) is 21.2. The third-order valence-electron chi connectivity index (χ3n) is 4.34. The van der Waals surface area contributed by atoms with Crippen LogP contribution in [0, 0.1) is 0 Å². The number of guanidine groups is 1. The third kappa shape index (κ3) is 7.32. The van der Waals surface area contributed by atoms with Gasteiger partial charge in [0.2, 0.25) is 0 Å². The Morgan fingerprint density at radius 1 is 0.968 bits per heavy atom.